The Hall–Kier alpha value is -2.87. The lowest BCUT2D eigenvalue weighted by atomic mass is 10.1. The number of thiophene rings is 1. The van der Waals surface area contributed by atoms with Crippen molar-refractivity contribution >= 4 is 34.1 Å². The van der Waals surface area contributed by atoms with Crippen molar-refractivity contribution in [1.29, 1.82) is 0 Å². The van der Waals surface area contributed by atoms with E-state index in [1.807, 2.05) is 0 Å². The highest BCUT2D eigenvalue weighted by Gasteiger charge is 2.27. The van der Waals surface area contributed by atoms with Gasteiger partial charge in [-0.25, -0.2) is 4.79 Å². The van der Waals surface area contributed by atoms with Crippen LogP contribution in [0.1, 0.15) is 31.2 Å². The standard InChI is InChI=1S/C19H22N2O5S/c1-11-15(19(24)26-5)17(27-16(11)18(23)21(2)3)20-14(22)10-12-6-8-13(25-4)9-7-12/h6-9H,10H2,1-5H3,(H,20,22). The van der Waals surface area contributed by atoms with Crippen LogP contribution in [0.2, 0.25) is 0 Å². The van der Waals surface area contributed by atoms with Gasteiger partial charge >= 0.3 is 5.97 Å². The lowest BCUT2D eigenvalue weighted by Crippen LogP contribution is -2.21. The molecule has 144 valence electrons. The third-order valence-corrected chi connectivity index (χ3v) is 5.11. The van der Waals surface area contributed by atoms with E-state index in [4.69, 9.17) is 9.47 Å². The van der Waals surface area contributed by atoms with Crippen molar-refractivity contribution in [2.24, 2.45) is 0 Å². The van der Waals surface area contributed by atoms with Crippen LogP contribution in [0.3, 0.4) is 0 Å². The molecule has 27 heavy (non-hydrogen) atoms. The van der Waals surface area contributed by atoms with Crippen LogP contribution in [0, 0.1) is 6.92 Å². The molecule has 0 aliphatic carbocycles. The van der Waals surface area contributed by atoms with Crippen LogP contribution in [0.4, 0.5) is 5.00 Å². The first-order chi connectivity index (χ1) is 12.8. The molecule has 1 N–H and O–H groups in total. The van der Waals surface area contributed by atoms with Gasteiger partial charge in [-0.3, -0.25) is 9.59 Å². The Labute approximate surface area is 161 Å². The molecule has 1 aromatic heterocycles. The molecule has 0 saturated carbocycles. The van der Waals surface area contributed by atoms with E-state index in [0.717, 1.165) is 16.9 Å². The number of carbonyl (C=O) groups excluding carboxylic acids is 3. The summed E-state index contributed by atoms with van der Waals surface area (Å²) in [4.78, 5) is 38.8. The largest absolute Gasteiger partial charge is 0.497 e. The van der Waals surface area contributed by atoms with Gasteiger partial charge in [0.15, 0.2) is 0 Å². The highest BCUT2D eigenvalue weighted by molar-refractivity contribution is 7.18. The Balaban J connectivity index is 2.27. The maximum atomic E-state index is 12.4. The molecular weight excluding hydrogens is 368 g/mol. The molecule has 1 aromatic carbocycles. The van der Waals surface area contributed by atoms with E-state index >= 15 is 0 Å². The van der Waals surface area contributed by atoms with Gasteiger partial charge in [0.2, 0.25) is 5.91 Å². The van der Waals surface area contributed by atoms with Crippen molar-refractivity contribution in [3.63, 3.8) is 0 Å². The number of benzene rings is 1. The second-order valence-electron chi connectivity index (χ2n) is 6.02. The van der Waals surface area contributed by atoms with Gasteiger partial charge in [0.1, 0.15) is 10.8 Å². The van der Waals surface area contributed by atoms with Crippen LogP contribution in [-0.4, -0.2) is 51.0 Å². The van der Waals surface area contributed by atoms with Crippen molar-refractivity contribution in [3.05, 3.63) is 45.8 Å². The first kappa shape index (κ1) is 20.4. The van der Waals surface area contributed by atoms with Gasteiger partial charge in [-0.15, -0.1) is 11.3 Å². The van der Waals surface area contributed by atoms with Crippen LogP contribution in [0.5, 0.6) is 5.75 Å². The van der Waals surface area contributed by atoms with Gasteiger partial charge in [0.25, 0.3) is 5.91 Å². The van der Waals surface area contributed by atoms with E-state index in [9.17, 15) is 14.4 Å². The molecule has 2 rings (SSSR count). The molecule has 0 radical (unpaired) electrons. The van der Waals surface area contributed by atoms with E-state index < -0.39 is 5.97 Å². The molecule has 0 bridgehead atoms. The van der Waals surface area contributed by atoms with Crippen LogP contribution in [0.15, 0.2) is 24.3 Å². The lowest BCUT2D eigenvalue weighted by Gasteiger charge is -2.08. The van der Waals surface area contributed by atoms with Crippen LogP contribution >= 0.6 is 11.3 Å². The SMILES string of the molecule is COC(=O)c1c(NC(=O)Cc2ccc(OC)cc2)sc(C(=O)N(C)C)c1C. The zero-order valence-corrected chi connectivity index (χ0v) is 16.7. The molecule has 0 fully saturated rings. The minimum Gasteiger partial charge on any atom is -0.497 e. The minimum atomic E-state index is -0.596. The zero-order chi connectivity index (χ0) is 20.1. The second kappa shape index (κ2) is 8.68. The van der Waals surface area contributed by atoms with Crippen LogP contribution < -0.4 is 10.1 Å². The number of ether oxygens (including phenoxy) is 2. The Kier molecular flexibility index (Phi) is 6.57. The third kappa shape index (κ3) is 4.65. The molecule has 0 unspecified atom stereocenters. The number of esters is 1. The number of anilines is 1. The lowest BCUT2D eigenvalue weighted by molar-refractivity contribution is -0.115. The molecule has 2 amide bonds. The van der Waals surface area contributed by atoms with Gasteiger partial charge in [0, 0.05) is 14.1 Å². The Morgan fingerprint density at radius 3 is 2.26 bits per heavy atom. The molecule has 0 aliphatic rings. The first-order valence-corrected chi connectivity index (χ1v) is 8.96. The Morgan fingerprint density at radius 1 is 1.11 bits per heavy atom. The van der Waals surface area contributed by atoms with Gasteiger partial charge < -0.3 is 19.7 Å². The molecule has 8 heteroatoms. The number of rotatable bonds is 6. The molecule has 0 spiro atoms. The highest BCUT2D eigenvalue weighted by atomic mass is 32.1. The number of nitrogens with zero attached hydrogens (tertiary/aromatic N) is 1. The maximum absolute atomic E-state index is 12.4. The zero-order valence-electron chi connectivity index (χ0n) is 15.9. The van der Waals surface area contributed by atoms with Gasteiger partial charge in [-0.05, 0) is 30.2 Å². The second-order valence-corrected chi connectivity index (χ2v) is 7.05. The third-order valence-electron chi connectivity index (χ3n) is 3.91. The van der Waals surface area contributed by atoms with Crippen molar-refractivity contribution in [3.8, 4) is 5.75 Å². The fourth-order valence-electron chi connectivity index (χ4n) is 2.46. The fourth-order valence-corrected chi connectivity index (χ4v) is 3.69. The van der Waals surface area contributed by atoms with Gasteiger partial charge in [0.05, 0.1) is 31.1 Å². The van der Waals surface area contributed by atoms with Gasteiger partial charge in [-0.2, -0.15) is 0 Å². The van der Waals surface area contributed by atoms with Crippen LogP contribution in [0.25, 0.3) is 0 Å². The summed E-state index contributed by atoms with van der Waals surface area (Å²) in [5, 5.41) is 3.04. The van der Waals surface area contributed by atoms with E-state index in [1.165, 1.54) is 12.0 Å². The van der Waals surface area contributed by atoms with Crippen molar-refractivity contribution in [2.45, 2.75) is 13.3 Å². The summed E-state index contributed by atoms with van der Waals surface area (Å²) in [5.74, 6) is -0.428. The number of nitrogens with one attached hydrogen (secondary N) is 1. The first-order valence-electron chi connectivity index (χ1n) is 8.14. The molecular formula is C19H22N2O5S. The summed E-state index contributed by atoms with van der Waals surface area (Å²) < 4.78 is 9.91. The normalized spacial score (nSPS) is 10.3. The number of amides is 2. The predicted octanol–water partition coefficient (Wildman–Crippen LogP) is 2.73. The van der Waals surface area contributed by atoms with E-state index in [2.05, 4.69) is 5.32 Å². The number of hydrogen-bond acceptors (Lipinski definition) is 6. The summed E-state index contributed by atoms with van der Waals surface area (Å²) in [7, 11) is 6.08. The Morgan fingerprint density at radius 2 is 1.74 bits per heavy atom. The smallest absolute Gasteiger partial charge is 0.341 e. The van der Waals surface area contributed by atoms with Crippen molar-refractivity contribution < 1.29 is 23.9 Å². The Bertz CT molecular complexity index is 856. The fraction of sp³-hybridized carbons (Fsp3) is 0.316. The molecule has 1 heterocycles. The van der Waals surface area contributed by atoms with E-state index in [0.29, 0.717) is 21.2 Å². The topological polar surface area (TPSA) is 84.9 Å². The number of methoxy groups -OCH3 is 2. The predicted molar refractivity (Wildman–Crippen MR) is 104 cm³/mol. The summed E-state index contributed by atoms with van der Waals surface area (Å²) in [5.41, 5.74) is 1.49. The molecule has 2 aromatic rings. The molecule has 0 saturated heterocycles. The average Bonchev–Trinajstić information content (AvgIpc) is 2.96. The summed E-state index contributed by atoms with van der Waals surface area (Å²) in [6.45, 7) is 1.67. The van der Waals surface area contributed by atoms with Crippen molar-refractivity contribution in [2.75, 3.05) is 33.6 Å². The molecule has 0 aliphatic heterocycles. The number of carbonyl (C=O) groups is 3. The highest BCUT2D eigenvalue weighted by Crippen LogP contribution is 2.34. The molecule has 0 atom stereocenters. The quantitative estimate of drug-likeness (QED) is 0.767. The average molecular weight is 390 g/mol. The summed E-state index contributed by atoms with van der Waals surface area (Å²) in [6, 6.07) is 7.12. The summed E-state index contributed by atoms with van der Waals surface area (Å²) >= 11 is 1.07. The van der Waals surface area contributed by atoms with Gasteiger partial charge in [-0.1, -0.05) is 12.1 Å². The van der Waals surface area contributed by atoms with Crippen molar-refractivity contribution in [1.82, 2.24) is 4.90 Å². The van der Waals surface area contributed by atoms with E-state index in [-0.39, 0.29) is 23.8 Å². The number of hydrogen-bond donors (Lipinski definition) is 1. The maximum Gasteiger partial charge on any atom is 0.341 e. The monoisotopic (exact) mass is 390 g/mol. The minimum absolute atomic E-state index is 0.124. The van der Waals surface area contributed by atoms with E-state index in [1.54, 1.807) is 52.4 Å². The van der Waals surface area contributed by atoms with Crippen LogP contribution in [-0.2, 0) is 16.0 Å². The summed E-state index contributed by atoms with van der Waals surface area (Å²) in [6.07, 6.45) is 0.124. The molecule has 7 nitrogen and oxygen atoms in total.